The SMILES string of the molecule is CC(NCc1cn[nH]c1C(C)(C)C)C(C)n1cccn1. The van der Waals surface area contributed by atoms with Gasteiger partial charge in [-0.3, -0.25) is 9.78 Å². The van der Waals surface area contributed by atoms with Crippen LogP contribution in [0.25, 0.3) is 0 Å². The molecule has 0 bridgehead atoms. The van der Waals surface area contributed by atoms with E-state index in [-0.39, 0.29) is 5.41 Å². The summed E-state index contributed by atoms with van der Waals surface area (Å²) in [6, 6.07) is 2.60. The highest BCUT2D eigenvalue weighted by Crippen LogP contribution is 2.23. The molecular weight excluding hydrogens is 250 g/mol. The van der Waals surface area contributed by atoms with E-state index < -0.39 is 0 Å². The van der Waals surface area contributed by atoms with Crippen LogP contribution in [-0.4, -0.2) is 26.0 Å². The number of H-pyrrole nitrogens is 1. The fourth-order valence-corrected chi connectivity index (χ4v) is 2.29. The highest BCUT2D eigenvalue weighted by molar-refractivity contribution is 5.23. The minimum atomic E-state index is 0.0876. The van der Waals surface area contributed by atoms with Crippen molar-refractivity contribution in [3.8, 4) is 0 Å². The average Bonchev–Trinajstić information content (AvgIpc) is 3.04. The summed E-state index contributed by atoms with van der Waals surface area (Å²) in [5, 5.41) is 15.2. The molecule has 0 aliphatic rings. The molecule has 0 amide bonds. The van der Waals surface area contributed by atoms with E-state index >= 15 is 0 Å². The van der Waals surface area contributed by atoms with Crippen LogP contribution in [0, 0.1) is 0 Å². The molecule has 0 saturated heterocycles. The Morgan fingerprint density at radius 2 is 2.10 bits per heavy atom. The molecule has 2 N–H and O–H groups in total. The normalized spacial score (nSPS) is 15.2. The van der Waals surface area contributed by atoms with E-state index in [4.69, 9.17) is 0 Å². The Labute approximate surface area is 120 Å². The van der Waals surface area contributed by atoms with Gasteiger partial charge in [0.2, 0.25) is 0 Å². The van der Waals surface area contributed by atoms with Gasteiger partial charge in [0.05, 0.1) is 12.2 Å². The second-order valence-corrected chi connectivity index (χ2v) is 6.42. The molecule has 110 valence electrons. The molecule has 0 saturated carbocycles. The molecule has 20 heavy (non-hydrogen) atoms. The average molecular weight is 275 g/mol. The van der Waals surface area contributed by atoms with Gasteiger partial charge in [0.15, 0.2) is 0 Å². The molecule has 2 unspecified atom stereocenters. The van der Waals surface area contributed by atoms with Crippen LogP contribution < -0.4 is 5.32 Å². The van der Waals surface area contributed by atoms with Gasteiger partial charge >= 0.3 is 0 Å². The minimum Gasteiger partial charge on any atom is -0.308 e. The van der Waals surface area contributed by atoms with Gasteiger partial charge in [0.25, 0.3) is 0 Å². The van der Waals surface area contributed by atoms with Gasteiger partial charge in [-0.2, -0.15) is 10.2 Å². The topological polar surface area (TPSA) is 58.5 Å². The number of rotatable bonds is 5. The molecule has 0 aromatic carbocycles. The van der Waals surface area contributed by atoms with Gasteiger partial charge in [-0.05, 0) is 19.9 Å². The quantitative estimate of drug-likeness (QED) is 0.882. The molecule has 2 heterocycles. The molecule has 2 aromatic heterocycles. The van der Waals surface area contributed by atoms with Crippen molar-refractivity contribution in [3.63, 3.8) is 0 Å². The Balaban J connectivity index is 1.97. The van der Waals surface area contributed by atoms with Gasteiger partial charge in [-0.1, -0.05) is 20.8 Å². The first kappa shape index (κ1) is 14.8. The van der Waals surface area contributed by atoms with Gasteiger partial charge in [-0.25, -0.2) is 0 Å². The molecule has 0 aliphatic heterocycles. The van der Waals surface area contributed by atoms with E-state index in [1.807, 2.05) is 29.3 Å². The van der Waals surface area contributed by atoms with Crippen LogP contribution in [0.5, 0.6) is 0 Å². The molecular formula is C15H25N5. The van der Waals surface area contributed by atoms with Crippen molar-refractivity contribution in [2.75, 3.05) is 0 Å². The van der Waals surface area contributed by atoms with E-state index in [9.17, 15) is 0 Å². The highest BCUT2D eigenvalue weighted by Gasteiger charge is 2.21. The molecule has 5 nitrogen and oxygen atoms in total. The van der Waals surface area contributed by atoms with Gasteiger partial charge in [0, 0.05) is 41.7 Å². The van der Waals surface area contributed by atoms with Crippen molar-refractivity contribution in [1.29, 1.82) is 0 Å². The molecule has 0 aliphatic carbocycles. The van der Waals surface area contributed by atoms with Crippen molar-refractivity contribution in [2.24, 2.45) is 0 Å². The maximum absolute atomic E-state index is 4.30. The van der Waals surface area contributed by atoms with Crippen molar-refractivity contribution in [3.05, 3.63) is 35.9 Å². The van der Waals surface area contributed by atoms with Crippen LogP contribution in [-0.2, 0) is 12.0 Å². The van der Waals surface area contributed by atoms with Crippen molar-refractivity contribution in [2.45, 2.75) is 58.7 Å². The third-order valence-corrected chi connectivity index (χ3v) is 3.75. The van der Waals surface area contributed by atoms with Crippen molar-refractivity contribution >= 4 is 0 Å². The molecule has 0 spiro atoms. The fraction of sp³-hybridized carbons (Fsp3) is 0.600. The maximum Gasteiger partial charge on any atom is 0.0641 e. The van der Waals surface area contributed by atoms with Crippen LogP contribution >= 0.6 is 0 Å². The number of hydrogen-bond acceptors (Lipinski definition) is 3. The molecule has 2 aromatic rings. The minimum absolute atomic E-state index is 0.0876. The predicted molar refractivity (Wildman–Crippen MR) is 80.5 cm³/mol. The number of nitrogens with one attached hydrogen (secondary N) is 2. The standard InChI is InChI=1S/C15H25N5/c1-11(12(2)20-8-6-7-18-20)16-9-13-10-17-19-14(13)15(3,4)5/h6-8,10-12,16H,9H2,1-5H3,(H,17,19). The summed E-state index contributed by atoms with van der Waals surface area (Å²) in [4.78, 5) is 0. The van der Waals surface area contributed by atoms with Crippen LogP contribution in [0.1, 0.15) is 51.9 Å². The van der Waals surface area contributed by atoms with E-state index in [1.54, 1.807) is 0 Å². The van der Waals surface area contributed by atoms with E-state index in [0.29, 0.717) is 12.1 Å². The van der Waals surface area contributed by atoms with E-state index in [2.05, 4.69) is 55.2 Å². The largest absolute Gasteiger partial charge is 0.308 e. The zero-order chi connectivity index (χ0) is 14.8. The third kappa shape index (κ3) is 3.28. The maximum atomic E-state index is 4.30. The highest BCUT2D eigenvalue weighted by atomic mass is 15.3. The lowest BCUT2D eigenvalue weighted by atomic mass is 9.89. The van der Waals surface area contributed by atoms with Crippen LogP contribution in [0.3, 0.4) is 0 Å². The summed E-state index contributed by atoms with van der Waals surface area (Å²) in [6.07, 6.45) is 5.73. The summed E-state index contributed by atoms with van der Waals surface area (Å²) in [5.74, 6) is 0. The lowest BCUT2D eigenvalue weighted by Crippen LogP contribution is -2.34. The summed E-state index contributed by atoms with van der Waals surface area (Å²) in [5.41, 5.74) is 2.52. The fourth-order valence-electron chi connectivity index (χ4n) is 2.29. The molecule has 2 atom stereocenters. The summed E-state index contributed by atoms with van der Waals surface area (Å²) in [6.45, 7) is 11.8. The molecule has 2 rings (SSSR count). The van der Waals surface area contributed by atoms with Crippen molar-refractivity contribution in [1.82, 2.24) is 25.3 Å². The van der Waals surface area contributed by atoms with Crippen LogP contribution in [0.2, 0.25) is 0 Å². The number of nitrogens with zero attached hydrogens (tertiary/aromatic N) is 3. The Kier molecular flexibility index (Phi) is 4.28. The van der Waals surface area contributed by atoms with Crippen LogP contribution in [0.15, 0.2) is 24.7 Å². The van der Waals surface area contributed by atoms with Gasteiger partial charge in [-0.15, -0.1) is 0 Å². The first-order valence-electron chi connectivity index (χ1n) is 7.15. The Morgan fingerprint density at radius 3 is 2.70 bits per heavy atom. The first-order valence-corrected chi connectivity index (χ1v) is 7.15. The number of hydrogen-bond donors (Lipinski definition) is 2. The first-order chi connectivity index (χ1) is 9.39. The lowest BCUT2D eigenvalue weighted by Gasteiger charge is -2.23. The summed E-state index contributed by atoms with van der Waals surface area (Å²) >= 11 is 0. The summed E-state index contributed by atoms with van der Waals surface area (Å²) < 4.78 is 1.98. The van der Waals surface area contributed by atoms with Gasteiger partial charge in [0.1, 0.15) is 0 Å². The monoisotopic (exact) mass is 275 g/mol. The zero-order valence-electron chi connectivity index (χ0n) is 13.0. The van der Waals surface area contributed by atoms with E-state index in [1.165, 1.54) is 11.3 Å². The molecule has 5 heteroatoms. The Morgan fingerprint density at radius 1 is 1.35 bits per heavy atom. The lowest BCUT2D eigenvalue weighted by molar-refractivity contribution is 0.364. The second-order valence-electron chi connectivity index (χ2n) is 6.42. The molecule has 0 radical (unpaired) electrons. The van der Waals surface area contributed by atoms with Gasteiger partial charge < -0.3 is 5.32 Å². The number of aromatic amines is 1. The second kappa shape index (κ2) is 5.79. The van der Waals surface area contributed by atoms with Crippen LogP contribution in [0.4, 0.5) is 0 Å². The predicted octanol–water partition coefficient (Wildman–Crippen LogP) is 2.64. The summed E-state index contributed by atoms with van der Waals surface area (Å²) in [7, 11) is 0. The zero-order valence-corrected chi connectivity index (χ0v) is 13.0. The van der Waals surface area contributed by atoms with Crippen molar-refractivity contribution < 1.29 is 0 Å². The Hall–Kier alpha value is -1.62. The Bertz CT molecular complexity index is 521. The smallest absolute Gasteiger partial charge is 0.0641 e. The third-order valence-electron chi connectivity index (χ3n) is 3.75. The molecule has 0 fully saturated rings. The van der Waals surface area contributed by atoms with E-state index in [0.717, 1.165) is 6.54 Å². The number of aromatic nitrogens is 4.